The van der Waals surface area contributed by atoms with E-state index in [0.29, 0.717) is 12.8 Å². The number of ketones is 1. The lowest BCUT2D eigenvalue weighted by Gasteiger charge is -2.50. The molecule has 0 bridgehead atoms. The molecule has 0 saturated heterocycles. The van der Waals surface area contributed by atoms with Crippen LogP contribution in [-0.4, -0.2) is 14.1 Å². The second-order valence-corrected chi connectivity index (χ2v) is 15.4. The van der Waals surface area contributed by atoms with E-state index >= 15 is 0 Å². The summed E-state index contributed by atoms with van der Waals surface area (Å²) in [7, 11) is -2.17. The van der Waals surface area contributed by atoms with Crippen molar-refractivity contribution in [3.63, 3.8) is 0 Å². The maximum absolute atomic E-state index is 13.4. The minimum atomic E-state index is -2.17. The molecule has 3 atom stereocenters. The molecule has 1 aliphatic rings. The van der Waals surface area contributed by atoms with Crippen LogP contribution in [0.1, 0.15) is 59.8 Å². The van der Waals surface area contributed by atoms with Gasteiger partial charge in [0.2, 0.25) is 14.1 Å². The Bertz CT molecular complexity index is 762. The maximum atomic E-state index is 13.4. The molecule has 0 aromatic rings. The third-order valence-corrected chi connectivity index (χ3v) is 11.6. The first-order chi connectivity index (χ1) is 13.8. The fourth-order valence-electron chi connectivity index (χ4n) is 4.00. The van der Waals surface area contributed by atoms with Crippen LogP contribution in [0.5, 0.6) is 0 Å². The van der Waals surface area contributed by atoms with Crippen molar-refractivity contribution in [2.24, 2.45) is 16.7 Å². The summed E-state index contributed by atoms with van der Waals surface area (Å²) in [6.45, 7) is 25.2. The zero-order valence-corrected chi connectivity index (χ0v) is 22.3. The number of allylic oxidation sites excluding steroid dienone is 5. The van der Waals surface area contributed by atoms with Crippen molar-refractivity contribution in [3.05, 3.63) is 49.8 Å². The summed E-state index contributed by atoms with van der Waals surface area (Å²) < 4.78 is 6.88. The second kappa shape index (κ2) is 10.3. The van der Waals surface area contributed by atoms with Gasteiger partial charge in [0.15, 0.2) is 0 Å². The van der Waals surface area contributed by atoms with E-state index in [2.05, 4.69) is 93.3 Å². The Morgan fingerprint density at radius 2 is 1.93 bits per heavy atom. The normalized spacial score (nSPS) is 26.6. The number of carbonyl (C=O) groups excluding carboxylic acids is 1. The quantitative estimate of drug-likeness (QED) is 0.176. The van der Waals surface area contributed by atoms with E-state index in [1.807, 2.05) is 18.2 Å². The Kier molecular flexibility index (Phi) is 9.20. The molecule has 0 fully saturated rings. The summed E-state index contributed by atoms with van der Waals surface area (Å²) in [4.78, 5) is 16.1. The number of rotatable bonds is 10. The molecular weight excluding hydrogens is 452 g/mol. The molecule has 4 heteroatoms. The molecule has 0 heterocycles. The third kappa shape index (κ3) is 5.68. The highest BCUT2D eigenvalue weighted by molar-refractivity contribution is 9.12. The molecule has 0 unspecified atom stereocenters. The molecule has 0 amide bonds. The van der Waals surface area contributed by atoms with Crippen LogP contribution in [0.4, 0.5) is 0 Å². The molecular formula is C26H39BrO2Si. The first kappa shape index (κ1) is 26.7. The van der Waals surface area contributed by atoms with Crippen LogP contribution < -0.4 is 0 Å². The molecule has 1 rings (SSSR count). The van der Waals surface area contributed by atoms with Crippen molar-refractivity contribution in [2.45, 2.75) is 77.9 Å². The van der Waals surface area contributed by atoms with E-state index < -0.39 is 13.7 Å². The largest absolute Gasteiger partial charge is 0.546 e. The smallest absolute Gasteiger partial charge is 0.250 e. The van der Waals surface area contributed by atoms with Crippen LogP contribution in [0, 0.1) is 27.5 Å². The van der Waals surface area contributed by atoms with Crippen LogP contribution in [0.15, 0.2) is 49.8 Å². The molecule has 1 aliphatic carbocycles. The summed E-state index contributed by atoms with van der Waals surface area (Å²) in [6.07, 6.45) is 11.9. The first-order valence-electron chi connectivity index (χ1n) is 10.7. The fourth-order valence-corrected chi connectivity index (χ4v) is 5.29. The van der Waals surface area contributed by atoms with Crippen LogP contribution in [0.2, 0.25) is 18.1 Å². The lowest BCUT2D eigenvalue weighted by Crippen LogP contribution is -2.49. The van der Waals surface area contributed by atoms with E-state index in [4.69, 9.17) is 4.43 Å². The number of hydrogen-bond donors (Lipinski definition) is 0. The third-order valence-electron chi connectivity index (χ3n) is 7.06. The van der Waals surface area contributed by atoms with Gasteiger partial charge in [-0.2, -0.15) is 0 Å². The highest BCUT2D eigenvalue weighted by Gasteiger charge is 2.53. The minimum Gasteiger partial charge on any atom is -0.546 e. The van der Waals surface area contributed by atoms with Gasteiger partial charge >= 0.3 is 0 Å². The monoisotopic (exact) mass is 490 g/mol. The number of hydrogen-bond acceptors (Lipinski definition) is 2. The van der Waals surface area contributed by atoms with Gasteiger partial charge in [-0.05, 0) is 78.4 Å². The molecule has 0 spiro atoms. The second-order valence-electron chi connectivity index (χ2n) is 10.3. The molecule has 0 aliphatic heterocycles. The molecule has 0 aromatic heterocycles. The summed E-state index contributed by atoms with van der Waals surface area (Å²) in [6, 6.07) is 0. The van der Waals surface area contributed by atoms with Crippen LogP contribution >= 0.6 is 15.9 Å². The lowest BCUT2D eigenvalue weighted by molar-refractivity contribution is -0.124. The Morgan fingerprint density at radius 1 is 1.30 bits per heavy atom. The molecule has 30 heavy (non-hydrogen) atoms. The number of carbonyl (C=O) groups is 1. The van der Waals surface area contributed by atoms with Crippen molar-refractivity contribution in [1.82, 2.24) is 0 Å². The van der Waals surface area contributed by atoms with E-state index in [-0.39, 0.29) is 22.2 Å². The van der Waals surface area contributed by atoms with Gasteiger partial charge < -0.3 is 4.43 Å². The summed E-state index contributed by atoms with van der Waals surface area (Å²) in [5, 5.41) is 0.0212. The van der Waals surface area contributed by atoms with Gasteiger partial charge in [-0.1, -0.05) is 45.9 Å². The zero-order chi connectivity index (χ0) is 23.2. The predicted octanol–water partition coefficient (Wildman–Crippen LogP) is 7.95. The zero-order valence-electron chi connectivity index (χ0n) is 19.7. The molecule has 0 N–H and O–H groups in total. The van der Waals surface area contributed by atoms with Gasteiger partial charge in [0.1, 0.15) is 5.41 Å². The number of Topliss-reactive ketones (excluding diaryl/α,β-unsaturated/α-hetero) is 1. The van der Waals surface area contributed by atoms with E-state index in [0.717, 1.165) is 25.0 Å². The van der Waals surface area contributed by atoms with Crippen LogP contribution in [-0.2, 0) is 9.22 Å². The first-order valence-corrected chi connectivity index (χ1v) is 14.4. The Morgan fingerprint density at radius 3 is 2.40 bits per heavy atom. The van der Waals surface area contributed by atoms with Crippen molar-refractivity contribution >= 4 is 30.0 Å². The highest BCUT2D eigenvalue weighted by atomic mass is 79.9. The van der Waals surface area contributed by atoms with Crippen molar-refractivity contribution in [3.8, 4) is 10.8 Å². The molecule has 166 valence electrons. The topological polar surface area (TPSA) is 26.3 Å². The summed E-state index contributed by atoms with van der Waals surface area (Å²) in [5.74, 6) is 3.71. The maximum Gasteiger partial charge on any atom is 0.250 e. The van der Waals surface area contributed by atoms with Gasteiger partial charge in [0, 0.05) is 15.9 Å². The minimum absolute atomic E-state index is 0.0212. The highest BCUT2D eigenvalue weighted by Crippen LogP contribution is 2.55. The lowest BCUT2D eigenvalue weighted by atomic mass is 9.57. The van der Waals surface area contributed by atoms with Crippen molar-refractivity contribution < 1.29 is 9.22 Å². The van der Waals surface area contributed by atoms with Gasteiger partial charge in [-0.15, -0.1) is 19.7 Å². The van der Waals surface area contributed by atoms with E-state index in [1.165, 1.54) is 0 Å². The van der Waals surface area contributed by atoms with Crippen LogP contribution in [0.25, 0.3) is 0 Å². The van der Waals surface area contributed by atoms with E-state index in [9.17, 15) is 4.79 Å². The SMILES string of the molecule is C=CCC[C@@]1(C)C=C(O[Si](C)(C)C(C)(C)C)[C@@](CC=C)(C(=O)C#CBr)C[C@@H]1CC=C. The molecule has 0 radical (unpaired) electrons. The van der Waals surface area contributed by atoms with Gasteiger partial charge in [-0.25, -0.2) is 0 Å². The standard InChI is InChI=1S/C26H39BrO2Si/c1-10-13-17-25(7)20-23(29-30(8,9)24(4,5)6)26(16-12-3,22(28)15-18-27)19-21(25)14-11-2/h10-12,20-21H,1-3,13-14,16-17,19H2,4-9H3/t21-,25-,26+/m0/s1. The fraction of sp³-hybridized carbons (Fsp3) is 0.577. The Balaban J connectivity index is 3.76. The molecule has 0 saturated carbocycles. The average Bonchev–Trinajstić information content (AvgIpc) is 2.63. The van der Waals surface area contributed by atoms with Crippen molar-refractivity contribution in [2.75, 3.05) is 0 Å². The Hall–Kier alpha value is -1.31. The molecule has 2 nitrogen and oxygen atoms in total. The van der Waals surface area contributed by atoms with E-state index in [1.54, 1.807) is 0 Å². The van der Waals surface area contributed by atoms with Crippen molar-refractivity contribution in [1.29, 1.82) is 0 Å². The Labute approximate surface area is 194 Å². The number of halogens is 1. The van der Waals surface area contributed by atoms with Gasteiger partial charge in [0.05, 0.1) is 5.76 Å². The summed E-state index contributed by atoms with van der Waals surface area (Å²) >= 11 is 3.12. The van der Waals surface area contributed by atoms with Gasteiger partial charge in [-0.3, -0.25) is 4.79 Å². The molecule has 0 aromatic carbocycles. The average molecular weight is 492 g/mol. The van der Waals surface area contributed by atoms with Gasteiger partial charge in [0.25, 0.3) is 0 Å². The predicted molar refractivity (Wildman–Crippen MR) is 136 cm³/mol. The van der Waals surface area contributed by atoms with Crippen LogP contribution in [0.3, 0.4) is 0 Å². The summed E-state index contributed by atoms with van der Waals surface area (Å²) in [5.41, 5.74) is -0.910.